The van der Waals surface area contributed by atoms with E-state index in [0.717, 1.165) is 16.8 Å². The molecule has 0 spiro atoms. The van der Waals surface area contributed by atoms with Crippen molar-refractivity contribution >= 4 is 52.6 Å². The van der Waals surface area contributed by atoms with Gasteiger partial charge in [-0.05, 0) is 68.5 Å². The fourth-order valence-corrected chi connectivity index (χ4v) is 7.34. The lowest BCUT2D eigenvalue weighted by Gasteiger charge is -2.27. The molecule has 52 heavy (non-hydrogen) atoms. The molecule has 3 aliphatic rings. The van der Waals surface area contributed by atoms with Crippen LogP contribution in [0.1, 0.15) is 59.9 Å². The Labute approximate surface area is 307 Å². The summed E-state index contributed by atoms with van der Waals surface area (Å²) >= 11 is 12.3. The summed E-state index contributed by atoms with van der Waals surface area (Å²) in [7, 11) is 1.85. The number of nitrogens with one attached hydrogen (secondary N) is 2. The van der Waals surface area contributed by atoms with Crippen LogP contribution < -0.4 is 15.5 Å². The second-order valence-electron chi connectivity index (χ2n) is 13.8. The standard InChI is InChI=1S/C37H30Cl2FN9O3/c1-35(15-21-3-5-22(16-41)6-4-21)33(52)48(25-13-26(38)30(40)27(39)14-25)34-43-19-28(49(34)35)31(50)45-37(11-12-37)32(51)46-36(9-10-36)29-8-7-23(17-42-29)24-18-44-47(2)20-24/h3-8,13-14,17-20H,9-12,15H2,1-2H3,(H,45,50)(H,46,51)/t35-/m0/s1. The smallest absolute Gasteiger partial charge is 0.270 e. The molecule has 15 heteroatoms. The Morgan fingerprint density at radius 3 is 2.25 bits per heavy atom. The average molecular weight is 739 g/mol. The SMILES string of the molecule is Cn1cc(-c2ccc(C3(NC(=O)C4(NC(=O)c5cnc6n5[C@@](C)(Cc5ccc(C#N)cc5)C(=O)N6c5cc(Cl)c(F)c(Cl)c5)CC4)CC3)nc2)cn1. The summed E-state index contributed by atoms with van der Waals surface area (Å²) in [6.07, 6.45) is 9.16. The minimum Gasteiger partial charge on any atom is -0.343 e. The van der Waals surface area contributed by atoms with Gasteiger partial charge >= 0.3 is 0 Å². The first kappa shape index (κ1) is 33.6. The van der Waals surface area contributed by atoms with Crippen molar-refractivity contribution in [1.82, 2.24) is 34.9 Å². The Kier molecular flexibility index (Phi) is 7.74. The highest BCUT2D eigenvalue weighted by atomic mass is 35.5. The number of rotatable bonds is 9. The number of imidazole rings is 1. The molecular weight excluding hydrogens is 708 g/mol. The molecule has 2 aliphatic carbocycles. The van der Waals surface area contributed by atoms with Crippen molar-refractivity contribution in [2.45, 2.75) is 55.6 Å². The van der Waals surface area contributed by atoms with Crippen LogP contribution in [0.5, 0.6) is 0 Å². The Bertz CT molecular complexity index is 2320. The molecule has 12 nitrogen and oxygen atoms in total. The molecular formula is C37H30Cl2FN9O3. The van der Waals surface area contributed by atoms with Crippen LogP contribution in [-0.2, 0) is 34.1 Å². The minimum absolute atomic E-state index is 0.0502. The highest BCUT2D eigenvalue weighted by Crippen LogP contribution is 2.48. The maximum absolute atomic E-state index is 14.4. The van der Waals surface area contributed by atoms with E-state index in [4.69, 9.17) is 23.2 Å². The van der Waals surface area contributed by atoms with Gasteiger partial charge in [-0.2, -0.15) is 10.4 Å². The summed E-state index contributed by atoms with van der Waals surface area (Å²) in [5, 5.41) is 19.0. The van der Waals surface area contributed by atoms with E-state index in [2.05, 4.69) is 31.8 Å². The van der Waals surface area contributed by atoms with E-state index in [0.29, 0.717) is 36.8 Å². The van der Waals surface area contributed by atoms with Gasteiger partial charge in [-0.15, -0.1) is 0 Å². The topological polar surface area (TPSA) is 151 Å². The zero-order valence-corrected chi connectivity index (χ0v) is 29.5. The van der Waals surface area contributed by atoms with Gasteiger partial charge in [0.15, 0.2) is 5.82 Å². The van der Waals surface area contributed by atoms with E-state index in [1.54, 1.807) is 48.3 Å². The van der Waals surface area contributed by atoms with Crippen molar-refractivity contribution in [2.75, 3.05) is 4.90 Å². The van der Waals surface area contributed by atoms with E-state index in [1.807, 2.05) is 25.4 Å². The number of aromatic nitrogens is 5. The fourth-order valence-electron chi connectivity index (χ4n) is 6.87. The van der Waals surface area contributed by atoms with Crippen LogP contribution in [0.15, 0.2) is 73.3 Å². The maximum atomic E-state index is 14.4. The largest absolute Gasteiger partial charge is 0.343 e. The predicted octanol–water partition coefficient (Wildman–Crippen LogP) is 5.70. The number of pyridine rings is 1. The van der Waals surface area contributed by atoms with Crippen molar-refractivity contribution in [3.63, 3.8) is 0 Å². The van der Waals surface area contributed by atoms with Gasteiger partial charge < -0.3 is 10.6 Å². The number of fused-ring (bicyclic) bond motifs is 1. The monoisotopic (exact) mass is 737 g/mol. The van der Waals surface area contributed by atoms with E-state index >= 15 is 0 Å². The second kappa shape index (κ2) is 12.0. The van der Waals surface area contributed by atoms with Crippen molar-refractivity contribution in [2.24, 2.45) is 7.05 Å². The van der Waals surface area contributed by atoms with Crippen molar-refractivity contribution in [3.8, 4) is 17.2 Å². The highest BCUT2D eigenvalue weighted by molar-refractivity contribution is 6.35. The number of aryl methyl sites for hydroxylation is 1. The number of hydrogen-bond acceptors (Lipinski definition) is 7. The van der Waals surface area contributed by atoms with Crippen LogP contribution in [0.2, 0.25) is 10.0 Å². The van der Waals surface area contributed by atoms with Crippen molar-refractivity contribution < 1.29 is 18.8 Å². The lowest BCUT2D eigenvalue weighted by Crippen LogP contribution is -2.52. The molecule has 2 aromatic carbocycles. The van der Waals surface area contributed by atoms with Gasteiger partial charge in [0.25, 0.3) is 11.8 Å². The highest BCUT2D eigenvalue weighted by Gasteiger charge is 2.57. The number of benzene rings is 2. The fraction of sp³-hybridized carbons (Fsp3) is 0.270. The van der Waals surface area contributed by atoms with Gasteiger partial charge in [-0.1, -0.05) is 41.4 Å². The van der Waals surface area contributed by atoms with Crippen LogP contribution in [-0.4, -0.2) is 47.6 Å². The molecule has 0 saturated heterocycles. The van der Waals surface area contributed by atoms with Crippen molar-refractivity contribution in [3.05, 3.63) is 112 Å². The van der Waals surface area contributed by atoms with Crippen LogP contribution >= 0.6 is 23.2 Å². The summed E-state index contributed by atoms with van der Waals surface area (Å²) in [6, 6.07) is 15.2. The molecule has 1 aliphatic heterocycles. The third-order valence-corrected chi connectivity index (χ3v) is 10.7. The first-order valence-electron chi connectivity index (χ1n) is 16.5. The molecule has 1 atom stereocenters. The predicted molar refractivity (Wildman–Crippen MR) is 189 cm³/mol. The Morgan fingerprint density at radius 2 is 1.67 bits per heavy atom. The number of amides is 3. The number of hydrogen-bond donors (Lipinski definition) is 2. The Hall–Kier alpha value is -5.58. The number of carbonyl (C=O) groups excluding carboxylic acids is 3. The normalized spacial score (nSPS) is 19.2. The second-order valence-corrected chi connectivity index (χ2v) is 14.6. The minimum atomic E-state index is -1.41. The summed E-state index contributed by atoms with van der Waals surface area (Å²) < 4.78 is 17.7. The molecule has 2 fully saturated rings. The molecule has 4 heterocycles. The molecule has 5 aromatic rings. The zero-order chi connectivity index (χ0) is 36.6. The maximum Gasteiger partial charge on any atom is 0.270 e. The number of nitriles is 1. The lowest BCUT2D eigenvalue weighted by atomic mass is 9.91. The summed E-state index contributed by atoms with van der Waals surface area (Å²) in [5.41, 5.74) is 0.763. The lowest BCUT2D eigenvalue weighted by molar-refractivity contribution is -0.125. The molecule has 8 rings (SSSR count). The van der Waals surface area contributed by atoms with E-state index < -0.39 is 34.2 Å². The Balaban J connectivity index is 1.08. The molecule has 0 unspecified atom stereocenters. The summed E-state index contributed by atoms with van der Waals surface area (Å²) in [6.45, 7) is 1.67. The van der Waals surface area contributed by atoms with Gasteiger partial charge in [0.05, 0.1) is 51.0 Å². The average Bonchev–Trinajstić information content (AvgIpc) is 3.98. The Morgan fingerprint density at radius 1 is 0.962 bits per heavy atom. The summed E-state index contributed by atoms with van der Waals surface area (Å²) in [4.78, 5) is 52.8. The van der Waals surface area contributed by atoms with Crippen LogP contribution in [0, 0.1) is 17.1 Å². The number of anilines is 2. The van der Waals surface area contributed by atoms with E-state index in [-0.39, 0.29) is 39.7 Å². The van der Waals surface area contributed by atoms with Crippen LogP contribution in [0.4, 0.5) is 16.0 Å². The molecule has 3 aromatic heterocycles. The van der Waals surface area contributed by atoms with Gasteiger partial charge in [-0.25, -0.2) is 14.3 Å². The molecule has 2 N–H and O–H groups in total. The van der Waals surface area contributed by atoms with Crippen molar-refractivity contribution in [1.29, 1.82) is 5.26 Å². The third-order valence-electron chi connectivity index (χ3n) is 10.1. The molecule has 0 radical (unpaired) electrons. The number of carbonyl (C=O) groups is 3. The van der Waals surface area contributed by atoms with Gasteiger partial charge in [-0.3, -0.25) is 28.6 Å². The molecule has 262 valence electrons. The van der Waals surface area contributed by atoms with E-state index in [9.17, 15) is 24.0 Å². The quantitative estimate of drug-likeness (QED) is 0.184. The van der Waals surface area contributed by atoms with Crippen LogP contribution in [0.25, 0.3) is 11.1 Å². The molecule has 2 saturated carbocycles. The first-order chi connectivity index (χ1) is 24.9. The van der Waals surface area contributed by atoms with Crippen LogP contribution in [0.3, 0.4) is 0 Å². The third kappa shape index (κ3) is 5.50. The number of halogens is 3. The summed E-state index contributed by atoms with van der Waals surface area (Å²) in [5.74, 6) is -2.11. The zero-order valence-electron chi connectivity index (χ0n) is 28.0. The molecule has 3 amide bonds. The number of nitrogens with zero attached hydrogens (tertiary/aromatic N) is 7. The van der Waals surface area contributed by atoms with Gasteiger partial charge in [0.2, 0.25) is 11.9 Å². The molecule has 0 bridgehead atoms. The van der Waals surface area contributed by atoms with E-state index in [1.165, 1.54) is 27.8 Å². The first-order valence-corrected chi connectivity index (χ1v) is 17.3. The van der Waals surface area contributed by atoms with Gasteiger partial charge in [0.1, 0.15) is 16.8 Å². The van der Waals surface area contributed by atoms with Gasteiger partial charge in [0, 0.05) is 37.0 Å².